The van der Waals surface area contributed by atoms with Gasteiger partial charge in [-0.2, -0.15) is 0 Å². The van der Waals surface area contributed by atoms with Crippen LogP contribution in [0.3, 0.4) is 0 Å². The number of likely N-dealkylation sites (tertiary alicyclic amines) is 2. The molecular weight excluding hydrogens is 1110 g/mol. The van der Waals surface area contributed by atoms with Gasteiger partial charge in [-0.25, -0.2) is 44.6 Å². The van der Waals surface area contributed by atoms with Crippen LogP contribution >= 0.6 is 23.2 Å². The quantitative estimate of drug-likeness (QED) is 0.0432. The van der Waals surface area contributed by atoms with Crippen molar-refractivity contribution in [2.24, 2.45) is 0 Å². The van der Waals surface area contributed by atoms with E-state index in [1.165, 1.54) is 36.4 Å². The number of amides is 4. The molecule has 0 radical (unpaired) electrons. The fourth-order valence-corrected chi connectivity index (χ4v) is 14.4. The van der Waals surface area contributed by atoms with Crippen molar-refractivity contribution < 1.29 is 44.7 Å². The average Bonchev–Trinajstić information content (AvgIpc) is 4.06. The molecule has 4 amide bonds. The maximum absolute atomic E-state index is 15.4. The van der Waals surface area contributed by atoms with E-state index in [2.05, 4.69) is 50.3 Å². The van der Waals surface area contributed by atoms with Gasteiger partial charge in [-0.1, -0.05) is 23.2 Å². The van der Waals surface area contributed by atoms with Crippen molar-refractivity contribution in [1.29, 1.82) is 0 Å². The van der Waals surface area contributed by atoms with Gasteiger partial charge in [0.2, 0.25) is 20.0 Å². The molecular formula is C56H76Cl2F2N10O8S2. The molecule has 24 heteroatoms. The number of likely N-dealkylation sites (N-methyl/N-ethyl adjacent to an activating group) is 2. The first-order valence-electron chi connectivity index (χ1n) is 27.4. The molecule has 4 aromatic rings. The zero-order valence-corrected chi connectivity index (χ0v) is 49.2. The van der Waals surface area contributed by atoms with Gasteiger partial charge in [0, 0.05) is 113 Å². The number of urea groups is 2. The molecule has 4 aromatic carbocycles. The number of nitrogens with zero attached hydrogens (tertiary/aromatic N) is 4. The Balaban J connectivity index is 0.619. The van der Waals surface area contributed by atoms with E-state index in [0.717, 1.165) is 33.4 Å². The van der Waals surface area contributed by atoms with E-state index in [-0.39, 0.29) is 45.8 Å². The number of fused-ring (bicyclic) bond motifs is 2. The number of ether oxygens (including phenoxy) is 2. The molecule has 2 saturated heterocycles. The summed E-state index contributed by atoms with van der Waals surface area (Å²) in [5.41, 5.74) is 6.66. The van der Waals surface area contributed by atoms with Gasteiger partial charge in [-0.15, -0.1) is 0 Å². The third-order valence-electron chi connectivity index (χ3n) is 15.4. The van der Waals surface area contributed by atoms with Crippen LogP contribution in [0.1, 0.15) is 82.0 Å². The molecule has 18 nitrogen and oxygen atoms in total. The lowest BCUT2D eigenvalue weighted by Crippen LogP contribution is -2.39. The summed E-state index contributed by atoms with van der Waals surface area (Å²) >= 11 is 12.8. The second kappa shape index (κ2) is 28.1. The Labute approximate surface area is 480 Å². The van der Waals surface area contributed by atoms with E-state index in [1.54, 1.807) is 0 Å². The monoisotopic (exact) mass is 1190 g/mol. The second-order valence-electron chi connectivity index (χ2n) is 21.6. The Morgan fingerprint density at radius 1 is 0.562 bits per heavy atom. The number of sulfonamides is 2. The number of hydrogen-bond acceptors (Lipinski definition) is 12. The van der Waals surface area contributed by atoms with E-state index >= 15 is 8.78 Å². The molecule has 4 heterocycles. The van der Waals surface area contributed by atoms with E-state index in [0.29, 0.717) is 165 Å². The second-order valence-corrected chi connectivity index (χ2v) is 25.9. The number of carbonyl (C=O) groups is 2. The fourth-order valence-electron chi connectivity index (χ4n) is 11.3. The van der Waals surface area contributed by atoms with Crippen LogP contribution in [0, 0.1) is 25.5 Å². The predicted molar refractivity (Wildman–Crippen MR) is 306 cm³/mol. The summed E-state index contributed by atoms with van der Waals surface area (Å²) in [4.78, 5) is 33.0. The smallest absolute Gasteiger partial charge is 0.314 e. The van der Waals surface area contributed by atoms with Gasteiger partial charge in [0.25, 0.3) is 0 Å². The number of aryl methyl sites for hydroxylation is 2. The van der Waals surface area contributed by atoms with Crippen LogP contribution in [0.2, 0.25) is 10.0 Å². The number of benzene rings is 4. The topological polar surface area (TPSA) is 206 Å². The molecule has 438 valence electrons. The van der Waals surface area contributed by atoms with Gasteiger partial charge in [0.1, 0.15) is 11.6 Å². The van der Waals surface area contributed by atoms with E-state index < -0.39 is 31.7 Å². The van der Waals surface area contributed by atoms with Gasteiger partial charge in [-0.3, -0.25) is 9.80 Å². The molecule has 0 aromatic heterocycles. The van der Waals surface area contributed by atoms with Crippen LogP contribution in [0.4, 0.5) is 18.4 Å². The summed E-state index contributed by atoms with van der Waals surface area (Å²) in [5.74, 6) is -1.67. The summed E-state index contributed by atoms with van der Waals surface area (Å²) in [6, 6.07) is 14.2. The molecule has 4 aliphatic rings. The number of rotatable bonds is 25. The molecule has 4 atom stereocenters. The Morgan fingerprint density at radius 2 is 0.963 bits per heavy atom. The maximum Gasteiger partial charge on any atom is 0.314 e. The van der Waals surface area contributed by atoms with Crippen LogP contribution in [0.25, 0.3) is 0 Å². The highest BCUT2D eigenvalue weighted by Gasteiger charge is 2.34. The highest BCUT2D eigenvalue weighted by molar-refractivity contribution is 7.89. The largest absolute Gasteiger partial charge is 0.378 e. The van der Waals surface area contributed by atoms with Crippen molar-refractivity contribution in [1.82, 2.24) is 50.3 Å². The molecule has 0 spiro atoms. The summed E-state index contributed by atoms with van der Waals surface area (Å²) in [5, 5.41) is 12.3. The molecule has 80 heavy (non-hydrogen) atoms. The Hall–Kier alpha value is -4.56. The SMILES string of the molecule is Cc1cc(Cl)cc2c1CN(C)CC2c1cc(S(=O)(=O)N[C@H]2CCN(CCOCCNC(=O)NCCCCNC(=O)NCCOCCN3CC[C@H](NS(=O)(=O)c4ccc(F)c(C5CN(C)Cc6c(C)cc(Cl)cc65)c4)C3)C2)ccc1F. The molecule has 6 N–H and O–H groups in total. The van der Waals surface area contributed by atoms with Crippen molar-refractivity contribution in [2.75, 3.05) is 119 Å². The van der Waals surface area contributed by atoms with Gasteiger partial charge in [0.15, 0.2) is 0 Å². The minimum atomic E-state index is -3.94. The fraction of sp³-hybridized carbons (Fsp3) is 0.536. The van der Waals surface area contributed by atoms with Crippen molar-refractivity contribution in [3.8, 4) is 0 Å². The Bertz CT molecular complexity index is 2860. The predicted octanol–water partition coefficient (Wildman–Crippen LogP) is 5.86. The standard InChI is InChI=1S/C56H76Cl2F2N10O8S2/c1-37-25-39(57)27-45-49(37)33-67(3)35-51(45)47-29-43(7-9-53(47)59)79(73,74)65-41-11-17-69(31-41)19-23-77-21-15-63-55(71)61-13-5-6-14-62-56(72)64-16-22-78-24-20-70-18-12-42(32-70)66-80(75,76)44-8-10-54(60)48(30-44)52-36-68(4)34-50-38(2)26-40(58)28-46(50)52/h7-10,25-30,41-42,51-52,65-66H,5-6,11-24,31-36H2,1-4H3,(H2,61,63,71)(H2,62,64,72)/t41-,42-,51?,52?/m0/s1. The van der Waals surface area contributed by atoms with Crippen molar-refractivity contribution in [2.45, 2.75) is 86.3 Å². The van der Waals surface area contributed by atoms with Crippen molar-refractivity contribution in [3.05, 3.63) is 127 Å². The lowest BCUT2D eigenvalue weighted by molar-refractivity contribution is 0.113. The zero-order valence-electron chi connectivity index (χ0n) is 46.0. The van der Waals surface area contributed by atoms with Crippen molar-refractivity contribution in [3.63, 3.8) is 0 Å². The number of nitrogens with one attached hydrogen (secondary N) is 6. The molecule has 0 bridgehead atoms. The number of hydrogen-bond donors (Lipinski definition) is 6. The third kappa shape index (κ3) is 16.6. The Morgan fingerprint density at radius 3 is 1.38 bits per heavy atom. The van der Waals surface area contributed by atoms with Gasteiger partial charge in [-0.05, 0) is 172 Å². The van der Waals surface area contributed by atoms with Crippen molar-refractivity contribution >= 4 is 55.3 Å². The number of halogens is 4. The number of unbranched alkanes of at least 4 members (excludes halogenated alkanes) is 1. The van der Waals surface area contributed by atoms with Gasteiger partial charge >= 0.3 is 12.1 Å². The van der Waals surface area contributed by atoms with Crippen LogP contribution in [-0.4, -0.2) is 180 Å². The minimum Gasteiger partial charge on any atom is -0.378 e. The van der Waals surface area contributed by atoms with Crippen LogP contribution in [0.15, 0.2) is 70.5 Å². The third-order valence-corrected chi connectivity index (χ3v) is 18.8. The summed E-state index contributed by atoms with van der Waals surface area (Å²) in [6.07, 6.45) is 2.55. The zero-order chi connectivity index (χ0) is 57.1. The molecule has 8 rings (SSSR count). The van der Waals surface area contributed by atoms with E-state index in [9.17, 15) is 26.4 Å². The maximum atomic E-state index is 15.4. The molecule has 0 aliphatic carbocycles. The molecule has 2 unspecified atom stereocenters. The van der Waals surface area contributed by atoms with Crippen LogP contribution in [-0.2, 0) is 42.6 Å². The minimum absolute atomic E-state index is 0.0212. The average molecular weight is 1190 g/mol. The normalized spacial score (nSPS) is 20.1. The van der Waals surface area contributed by atoms with Crippen LogP contribution < -0.4 is 30.7 Å². The first-order valence-corrected chi connectivity index (χ1v) is 31.2. The van der Waals surface area contributed by atoms with E-state index in [4.69, 9.17) is 32.7 Å². The first-order chi connectivity index (χ1) is 38.2. The molecule has 2 fully saturated rings. The van der Waals surface area contributed by atoms with E-state index in [1.807, 2.05) is 52.2 Å². The van der Waals surface area contributed by atoms with Gasteiger partial charge < -0.3 is 40.5 Å². The van der Waals surface area contributed by atoms with Gasteiger partial charge in [0.05, 0.1) is 36.2 Å². The van der Waals surface area contributed by atoms with Crippen LogP contribution in [0.5, 0.6) is 0 Å². The summed E-state index contributed by atoms with van der Waals surface area (Å²) in [6.45, 7) is 12.9. The number of carbonyl (C=O) groups excluding carboxylic acids is 2. The molecule has 0 saturated carbocycles. The molecule has 4 aliphatic heterocycles. The summed E-state index contributed by atoms with van der Waals surface area (Å²) < 4.78 is 102. The lowest BCUT2D eigenvalue weighted by Gasteiger charge is -2.34. The summed E-state index contributed by atoms with van der Waals surface area (Å²) in [7, 11) is -3.94. The highest BCUT2D eigenvalue weighted by Crippen LogP contribution is 2.40. The Kier molecular flexibility index (Phi) is 21.6. The lowest BCUT2D eigenvalue weighted by atomic mass is 9.83. The highest BCUT2D eigenvalue weighted by atomic mass is 35.5. The first kappa shape index (κ1) is 61.5.